The number of benzene rings is 3. The van der Waals surface area contributed by atoms with Crippen LogP contribution in [0.25, 0.3) is 16.8 Å². The molecule has 4 rings (SSSR count). The summed E-state index contributed by atoms with van der Waals surface area (Å²) in [5.41, 5.74) is -0.0680. The molecule has 1 unspecified atom stereocenters. The largest absolute Gasteiger partial charge is 0.372 e. The lowest BCUT2D eigenvalue weighted by Crippen LogP contribution is -2.48. The Morgan fingerprint density at radius 1 is 0.917 bits per heavy atom. The smallest absolute Gasteiger partial charge is 0.323 e. The summed E-state index contributed by atoms with van der Waals surface area (Å²) in [6.45, 7) is 6.93. The molecule has 1 heterocycles. The maximum Gasteiger partial charge on any atom is 0.323 e. The monoisotopic (exact) mass is 499 g/mol. The highest BCUT2D eigenvalue weighted by atomic mass is 19.3. The van der Waals surface area contributed by atoms with Crippen molar-refractivity contribution in [3.8, 4) is 0 Å². The zero-order valence-corrected chi connectivity index (χ0v) is 20.6. The molecule has 1 aliphatic heterocycles. The molecule has 0 amide bonds. The third-order valence-corrected chi connectivity index (χ3v) is 7.17. The van der Waals surface area contributed by atoms with Crippen molar-refractivity contribution >= 4 is 33.9 Å². The SMILES string of the molecule is CCN(CC)c1ccc(C=CC2=[N+](C)c3ccc4ccccc4c3C2(C)C(F)(F)C(F)=C(F)F)cc1. The molecule has 36 heavy (non-hydrogen) atoms. The topological polar surface area (TPSA) is 6.25 Å². The molecular weight excluding hydrogens is 471 g/mol. The van der Waals surface area contributed by atoms with Gasteiger partial charge in [0.1, 0.15) is 7.05 Å². The Kier molecular flexibility index (Phi) is 6.78. The number of alkyl halides is 2. The lowest BCUT2D eigenvalue weighted by Gasteiger charge is -2.31. The molecule has 0 fully saturated rings. The van der Waals surface area contributed by atoms with Crippen LogP contribution in [0.3, 0.4) is 0 Å². The van der Waals surface area contributed by atoms with Crippen molar-refractivity contribution in [1.82, 2.24) is 0 Å². The van der Waals surface area contributed by atoms with Crippen molar-refractivity contribution in [3.05, 3.63) is 89.8 Å². The number of hydrogen-bond donors (Lipinski definition) is 0. The summed E-state index contributed by atoms with van der Waals surface area (Å²) in [5.74, 6) is -7.21. The minimum absolute atomic E-state index is 0.0167. The van der Waals surface area contributed by atoms with Gasteiger partial charge in [-0.2, -0.15) is 26.5 Å². The van der Waals surface area contributed by atoms with E-state index in [0.717, 1.165) is 31.3 Å². The molecule has 0 saturated heterocycles. The first-order valence-corrected chi connectivity index (χ1v) is 11.8. The number of nitrogens with zero attached hydrogens (tertiary/aromatic N) is 2. The fraction of sp³-hybridized carbons (Fsp3) is 0.276. The molecule has 1 atom stereocenters. The summed E-state index contributed by atoms with van der Waals surface area (Å²) >= 11 is 0. The van der Waals surface area contributed by atoms with Crippen LogP contribution in [-0.4, -0.2) is 36.3 Å². The normalized spacial score (nSPS) is 17.7. The molecule has 3 aromatic carbocycles. The second kappa shape index (κ2) is 9.52. The van der Waals surface area contributed by atoms with Gasteiger partial charge >= 0.3 is 12.0 Å². The van der Waals surface area contributed by atoms with Gasteiger partial charge in [0.2, 0.25) is 11.5 Å². The zero-order valence-electron chi connectivity index (χ0n) is 20.6. The van der Waals surface area contributed by atoms with Crippen molar-refractivity contribution in [1.29, 1.82) is 0 Å². The van der Waals surface area contributed by atoms with Crippen LogP contribution in [0.5, 0.6) is 0 Å². The van der Waals surface area contributed by atoms with Crippen LogP contribution in [0, 0.1) is 0 Å². The van der Waals surface area contributed by atoms with E-state index in [1.54, 1.807) is 49.5 Å². The highest BCUT2D eigenvalue weighted by molar-refractivity contribution is 6.10. The Morgan fingerprint density at radius 3 is 2.17 bits per heavy atom. The molecule has 1 aliphatic rings. The van der Waals surface area contributed by atoms with Gasteiger partial charge in [-0.15, -0.1) is 0 Å². The van der Waals surface area contributed by atoms with Gasteiger partial charge in [0, 0.05) is 30.9 Å². The number of allylic oxidation sites excluding steroid dienone is 2. The zero-order chi connectivity index (χ0) is 26.3. The third kappa shape index (κ3) is 3.91. The Hall–Kier alpha value is -3.48. The fourth-order valence-corrected chi connectivity index (χ4v) is 5.15. The fourth-order valence-electron chi connectivity index (χ4n) is 5.15. The summed E-state index contributed by atoms with van der Waals surface area (Å²) in [5, 5.41) is 1.12. The van der Waals surface area contributed by atoms with Gasteiger partial charge in [0.25, 0.3) is 0 Å². The van der Waals surface area contributed by atoms with Gasteiger partial charge in [0.15, 0.2) is 11.1 Å². The minimum Gasteiger partial charge on any atom is -0.372 e. The van der Waals surface area contributed by atoms with Gasteiger partial charge in [-0.3, -0.25) is 0 Å². The molecule has 0 spiro atoms. The van der Waals surface area contributed by atoms with E-state index in [-0.39, 0.29) is 11.3 Å². The lowest BCUT2D eigenvalue weighted by atomic mass is 9.71. The van der Waals surface area contributed by atoms with Crippen LogP contribution in [0.2, 0.25) is 0 Å². The average molecular weight is 500 g/mol. The second-order valence-electron chi connectivity index (χ2n) is 9.00. The Bertz CT molecular complexity index is 1380. The first kappa shape index (κ1) is 25.6. The van der Waals surface area contributed by atoms with Crippen molar-refractivity contribution < 1.29 is 26.5 Å². The maximum atomic E-state index is 15.7. The molecule has 0 aliphatic carbocycles. The van der Waals surface area contributed by atoms with Gasteiger partial charge in [0.05, 0.1) is 5.56 Å². The molecule has 3 aromatic rings. The highest BCUT2D eigenvalue weighted by Crippen LogP contribution is 2.55. The molecule has 0 aromatic heterocycles. The van der Waals surface area contributed by atoms with Gasteiger partial charge in [-0.25, -0.2) is 0 Å². The maximum absolute atomic E-state index is 15.7. The second-order valence-corrected chi connectivity index (χ2v) is 9.00. The van der Waals surface area contributed by atoms with Gasteiger partial charge in [-0.1, -0.05) is 36.4 Å². The van der Waals surface area contributed by atoms with Crippen LogP contribution in [0.15, 0.2) is 78.6 Å². The van der Waals surface area contributed by atoms with Gasteiger partial charge in [-0.05, 0) is 61.4 Å². The number of hydrogen-bond acceptors (Lipinski definition) is 1. The quantitative estimate of drug-likeness (QED) is 0.235. The molecule has 0 bridgehead atoms. The van der Waals surface area contributed by atoms with E-state index in [4.69, 9.17) is 0 Å². The lowest BCUT2D eigenvalue weighted by molar-refractivity contribution is -0.402. The molecule has 2 nitrogen and oxygen atoms in total. The number of rotatable bonds is 7. The summed E-state index contributed by atoms with van der Waals surface area (Å²) in [4.78, 5) is 2.17. The predicted molar refractivity (Wildman–Crippen MR) is 136 cm³/mol. The Morgan fingerprint density at radius 2 is 1.56 bits per heavy atom. The third-order valence-electron chi connectivity index (χ3n) is 7.17. The Balaban J connectivity index is 1.89. The first-order chi connectivity index (χ1) is 17.1. The van der Waals surface area contributed by atoms with E-state index < -0.39 is 23.2 Å². The highest BCUT2D eigenvalue weighted by Gasteiger charge is 2.66. The molecular formula is C29H28F5N2+. The van der Waals surface area contributed by atoms with Crippen LogP contribution < -0.4 is 4.90 Å². The van der Waals surface area contributed by atoms with Crippen LogP contribution in [-0.2, 0) is 5.41 Å². The molecule has 0 N–H and O–H groups in total. The van der Waals surface area contributed by atoms with Crippen LogP contribution in [0.4, 0.5) is 33.3 Å². The van der Waals surface area contributed by atoms with Crippen LogP contribution in [0.1, 0.15) is 31.9 Å². The van der Waals surface area contributed by atoms with Crippen molar-refractivity contribution in [3.63, 3.8) is 0 Å². The van der Waals surface area contributed by atoms with E-state index >= 15 is 8.78 Å². The average Bonchev–Trinajstić information content (AvgIpc) is 3.11. The Labute approximate surface area is 207 Å². The standard InChI is InChI=1S/C29H28F5N2/c1-5-36(6-2)21-15-11-19(12-16-21)13-18-24-28(3,29(33,34)26(30)27(31)32)25-22-10-8-7-9-20(22)14-17-23(25)35(24)4/h7-18H,5-6H2,1-4H3/q+1. The predicted octanol–water partition coefficient (Wildman–Crippen LogP) is 8.10. The van der Waals surface area contributed by atoms with Crippen molar-refractivity contribution in [2.75, 3.05) is 25.0 Å². The van der Waals surface area contributed by atoms with Gasteiger partial charge < -0.3 is 4.90 Å². The number of anilines is 1. The summed E-state index contributed by atoms with van der Waals surface area (Å²) < 4.78 is 74.0. The number of halogens is 5. The van der Waals surface area contributed by atoms with Crippen molar-refractivity contribution in [2.45, 2.75) is 32.1 Å². The van der Waals surface area contributed by atoms with E-state index in [9.17, 15) is 13.2 Å². The van der Waals surface area contributed by atoms with E-state index in [0.29, 0.717) is 16.5 Å². The summed E-state index contributed by atoms with van der Waals surface area (Å²) in [7, 11) is 1.59. The molecule has 188 valence electrons. The number of fused-ring (bicyclic) bond motifs is 3. The molecule has 0 saturated carbocycles. The summed E-state index contributed by atoms with van der Waals surface area (Å²) in [6, 6.07) is 17.9. The molecule has 7 heteroatoms. The van der Waals surface area contributed by atoms with E-state index in [1.807, 2.05) is 24.3 Å². The van der Waals surface area contributed by atoms with E-state index in [1.165, 1.54) is 10.7 Å². The van der Waals surface area contributed by atoms with Crippen molar-refractivity contribution in [2.24, 2.45) is 0 Å². The summed E-state index contributed by atoms with van der Waals surface area (Å²) in [6.07, 6.45) is 0.0968. The molecule has 0 radical (unpaired) electrons. The minimum atomic E-state index is -4.50. The van der Waals surface area contributed by atoms with Crippen LogP contribution >= 0.6 is 0 Å². The first-order valence-electron chi connectivity index (χ1n) is 11.8. The van der Waals surface area contributed by atoms with E-state index in [2.05, 4.69) is 18.7 Å².